The predicted octanol–water partition coefficient (Wildman–Crippen LogP) is 2.61. The first kappa shape index (κ1) is 26.4. The average molecular weight is 553 g/mol. The summed E-state index contributed by atoms with van der Waals surface area (Å²) in [4.78, 5) is 19.7. The van der Waals surface area contributed by atoms with Gasteiger partial charge >= 0.3 is 0 Å². The summed E-state index contributed by atoms with van der Waals surface area (Å²) in [6.45, 7) is 1.90. The third-order valence-electron chi connectivity index (χ3n) is 6.63. The number of aromatic nitrogens is 5. The van der Waals surface area contributed by atoms with Gasteiger partial charge in [-0.1, -0.05) is 12.5 Å². The van der Waals surface area contributed by atoms with Crippen LogP contribution in [-0.2, 0) is 14.8 Å². The second-order valence-electron chi connectivity index (χ2n) is 9.43. The number of methoxy groups -OCH3 is 1. The lowest BCUT2D eigenvalue weighted by Gasteiger charge is -2.38. The van der Waals surface area contributed by atoms with Gasteiger partial charge in [0.2, 0.25) is 27.9 Å². The molecule has 0 spiro atoms. The van der Waals surface area contributed by atoms with Crippen molar-refractivity contribution in [1.29, 1.82) is 0 Å². The Kier molecular flexibility index (Phi) is 7.33. The summed E-state index contributed by atoms with van der Waals surface area (Å²) in [5, 5.41) is 3.20. The van der Waals surface area contributed by atoms with Crippen LogP contribution < -0.4 is 19.7 Å². The van der Waals surface area contributed by atoms with Crippen LogP contribution in [0, 0.1) is 0 Å². The lowest BCUT2D eigenvalue weighted by molar-refractivity contribution is 0.122. The van der Waals surface area contributed by atoms with Crippen molar-refractivity contribution in [3.8, 4) is 11.7 Å². The SMILES string of the molecule is COc1cccc2c1nc(C(F)F)n2-c1nc(NC2(NS(C)(=O)=O)CCCCC2)nc(N2CCOCC2)n1. The number of benzene rings is 1. The quantitative estimate of drug-likeness (QED) is 0.401. The maximum atomic E-state index is 14.2. The van der Waals surface area contributed by atoms with Gasteiger partial charge in [0.25, 0.3) is 6.43 Å². The number of anilines is 2. The summed E-state index contributed by atoms with van der Waals surface area (Å²) in [7, 11) is -2.14. The molecule has 15 heteroatoms. The molecule has 0 atom stereocenters. The van der Waals surface area contributed by atoms with E-state index >= 15 is 0 Å². The van der Waals surface area contributed by atoms with Gasteiger partial charge in [0.15, 0.2) is 5.82 Å². The molecule has 2 N–H and O–H groups in total. The first-order chi connectivity index (χ1) is 18.2. The van der Waals surface area contributed by atoms with Crippen LogP contribution in [0.2, 0.25) is 0 Å². The first-order valence-electron chi connectivity index (χ1n) is 12.4. The minimum atomic E-state index is -3.58. The summed E-state index contributed by atoms with van der Waals surface area (Å²) in [5.74, 6) is 0.0506. The number of halogens is 2. The second kappa shape index (κ2) is 10.5. The van der Waals surface area contributed by atoms with Crippen molar-refractivity contribution in [1.82, 2.24) is 29.2 Å². The van der Waals surface area contributed by atoms with Crippen molar-refractivity contribution >= 4 is 33.0 Å². The van der Waals surface area contributed by atoms with Crippen molar-refractivity contribution < 1.29 is 26.7 Å². The van der Waals surface area contributed by atoms with Crippen molar-refractivity contribution in [3.63, 3.8) is 0 Å². The summed E-state index contributed by atoms with van der Waals surface area (Å²) in [6.07, 6.45) is 1.77. The van der Waals surface area contributed by atoms with Gasteiger partial charge in [-0.05, 0) is 37.8 Å². The fourth-order valence-corrected chi connectivity index (χ4v) is 5.97. The van der Waals surface area contributed by atoms with Gasteiger partial charge in [0.05, 0.1) is 32.1 Å². The van der Waals surface area contributed by atoms with E-state index in [-0.39, 0.29) is 23.4 Å². The van der Waals surface area contributed by atoms with Crippen LogP contribution in [0.4, 0.5) is 20.7 Å². The van der Waals surface area contributed by atoms with E-state index in [9.17, 15) is 17.2 Å². The topological polar surface area (TPSA) is 136 Å². The number of rotatable bonds is 8. The van der Waals surface area contributed by atoms with Crippen LogP contribution in [-0.4, -0.2) is 78.3 Å². The largest absolute Gasteiger partial charge is 0.494 e. The Hall–Kier alpha value is -3.17. The number of fused-ring (bicyclic) bond motifs is 1. The Balaban J connectivity index is 1.67. The van der Waals surface area contributed by atoms with E-state index < -0.39 is 27.9 Å². The normalized spacial score (nSPS) is 18.2. The number of nitrogens with zero attached hydrogens (tertiary/aromatic N) is 6. The zero-order valence-corrected chi connectivity index (χ0v) is 22.0. The zero-order valence-electron chi connectivity index (χ0n) is 21.2. The molecule has 0 unspecified atom stereocenters. The number of morpholine rings is 1. The molecule has 2 aliphatic rings. The molecule has 0 amide bonds. The van der Waals surface area contributed by atoms with E-state index in [0.717, 1.165) is 25.5 Å². The van der Waals surface area contributed by atoms with E-state index in [2.05, 4.69) is 30.0 Å². The second-order valence-corrected chi connectivity index (χ2v) is 11.2. The molecule has 206 valence electrons. The molecule has 0 bridgehead atoms. The van der Waals surface area contributed by atoms with E-state index in [1.54, 1.807) is 18.2 Å². The molecule has 2 aromatic heterocycles. The molecular formula is C23H30F2N8O4S. The maximum Gasteiger partial charge on any atom is 0.296 e. The number of sulfonamides is 1. The third kappa shape index (κ3) is 5.49. The molecule has 5 rings (SSSR count). The van der Waals surface area contributed by atoms with Crippen LogP contribution in [0.3, 0.4) is 0 Å². The van der Waals surface area contributed by atoms with Crippen molar-refractivity contribution in [2.75, 3.05) is 49.9 Å². The smallest absolute Gasteiger partial charge is 0.296 e. The van der Waals surface area contributed by atoms with Crippen LogP contribution in [0.15, 0.2) is 18.2 Å². The zero-order chi connectivity index (χ0) is 26.9. The fraction of sp³-hybridized carbons (Fsp3) is 0.565. The molecule has 1 aromatic carbocycles. The minimum Gasteiger partial charge on any atom is -0.494 e. The summed E-state index contributed by atoms with van der Waals surface area (Å²) in [6, 6.07) is 4.94. The van der Waals surface area contributed by atoms with E-state index in [1.165, 1.54) is 11.7 Å². The van der Waals surface area contributed by atoms with Crippen LogP contribution in [0.25, 0.3) is 17.0 Å². The Morgan fingerprint density at radius 1 is 1.05 bits per heavy atom. The fourth-order valence-electron chi connectivity index (χ4n) is 5.00. The molecule has 3 heterocycles. The Morgan fingerprint density at radius 3 is 2.42 bits per heavy atom. The number of imidazole rings is 1. The van der Waals surface area contributed by atoms with E-state index in [0.29, 0.717) is 50.4 Å². The van der Waals surface area contributed by atoms with Gasteiger partial charge in [-0.15, -0.1) is 0 Å². The van der Waals surface area contributed by atoms with Gasteiger partial charge < -0.3 is 19.7 Å². The van der Waals surface area contributed by atoms with Gasteiger partial charge in [-0.25, -0.2) is 22.2 Å². The number of hydrogen-bond acceptors (Lipinski definition) is 10. The molecule has 38 heavy (non-hydrogen) atoms. The lowest BCUT2D eigenvalue weighted by atomic mass is 9.90. The highest BCUT2D eigenvalue weighted by Crippen LogP contribution is 2.33. The highest BCUT2D eigenvalue weighted by Gasteiger charge is 2.36. The molecule has 2 fully saturated rings. The van der Waals surface area contributed by atoms with Crippen molar-refractivity contribution in [2.45, 2.75) is 44.2 Å². The first-order valence-corrected chi connectivity index (χ1v) is 14.3. The molecular weight excluding hydrogens is 522 g/mol. The number of nitrogens with one attached hydrogen (secondary N) is 2. The van der Waals surface area contributed by atoms with Crippen molar-refractivity contribution in [2.24, 2.45) is 0 Å². The molecule has 1 aliphatic carbocycles. The number of hydrogen-bond donors (Lipinski definition) is 2. The molecule has 12 nitrogen and oxygen atoms in total. The molecule has 0 radical (unpaired) electrons. The summed E-state index contributed by atoms with van der Waals surface area (Å²) < 4.78 is 67.7. The Labute approximate surface area is 218 Å². The standard InChI is InChI=1S/C23H30F2N8O4S/c1-36-16-8-6-7-15-17(16)26-19(18(24)25)33(15)22-28-20(27-21(29-22)32-11-13-37-14-12-32)30-23(31-38(2,34)35)9-4-3-5-10-23/h6-8,18,31H,3-5,9-14H2,1-2H3,(H,27,28,29,30). The van der Waals surface area contributed by atoms with Crippen molar-refractivity contribution in [3.05, 3.63) is 24.0 Å². The lowest BCUT2D eigenvalue weighted by Crippen LogP contribution is -2.55. The maximum absolute atomic E-state index is 14.2. The van der Waals surface area contributed by atoms with Crippen LogP contribution in [0.5, 0.6) is 5.75 Å². The molecule has 1 aliphatic heterocycles. The average Bonchev–Trinajstić information content (AvgIpc) is 3.29. The van der Waals surface area contributed by atoms with Crippen LogP contribution >= 0.6 is 0 Å². The third-order valence-corrected chi connectivity index (χ3v) is 7.40. The number of para-hydroxylation sites is 1. The molecule has 1 saturated carbocycles. The van der Waals surface area contributed by atoms with Crippen LogP contribution in [0.1, 0.15) is 44.4 Å². The van der Waals surface area contributed by atoms with Gasteiger partial charge in [0, 0.05) is 13.1 Å². The summed E-state index contributed by atoms with van der Waals surface area (Å²) >= 11 is 0. The van der Waals surface area contributed by atoms with Gasteiger partial charge in [-0.2, -0.15) is 19.7 Å². The molecule has 3 aromatic rings. The highest BCUT2D eigenvalue weighted by molar-refractivity contribution is 7.88. The summed E-state index contributed by atoms with van der Waals surface area (Å²) in [5.41, 5.74) is -0.430. The molecule has 1 saturated heterocycles. The minimum absolute atomic E-state index is 0.0690. The van der Waals surface area contributed by atoms with Gasteiger partial charge in [-0.3, -0.25) is 4.57 Å². The van der Waals surface area contributed by atoms with Gasteiger partial charge in [0.1, 0.15) is 16.9 Å². The van der Waals surface area contributed by atoms with E-state index in [1.807, 2.05) is 4.90 Å². The highest BCUT2D eigenvalue weighted by atomic mass is 32.2. The monoisotopic (exact) mass is 552 g/mol. The number of alkyl halides is 2. The Morgan fingerprint density at radius 2 is 1.76 bits per heavy atom. The Bertz CT molecular complexity index is 1410. The predicted molar refractivity (Wildman–Crippen MR) is 136 cm³/mol. The van der Waals surface area contributed by atoms with E-state index in [4.69, 9.17) is 9.47 Å². The number of ether oxygens (including phenoxy) is 2.